The van der Waals surface area contributed by atoms with Crippen molar-refractivity contribution in [2.24, 2.45) is 0 Å². The molecule has 6 heteroatoms. The molecule has 1 aliphatic carbocycles. The van der Waals surface area contributed by atoms with Gasteiger partial charge in [0.25, 0.3) is 0 Å². The summed E-state index contributed by atoms with van der Waals surface area (Å²) in [4.78, 5) is 16.2. The highest BCUT2D eigenvalue weighted by molar-refractivity contribution is 5.75. The number of hydrogen-bond donors (Lipinski definition) is 1. The van der Waals surface area contributed by atoms with Gasteiger partial charge < -0.3 is 19.7 Å². The summed E-state index contributed by atoms with van der Waals surface area (Å²) in [5.41, 5.74) is 0. The first-order valence-corrected chi connectivity index (χ1v) is 8.29. The van der Waals surface area contributed by atoms with Gasteiger partial charge in [0.05, 0.1) is 7.11 Å². The predicted molar refractivity (Wildman–Crippen MR) is 88.1 cm³/mol. The highest BCUT2D eigenvalue weighted by atomic mass is 16.5. The quantitative estimate of drug-likeness (QED) is 0.865. The van der Waals surface area contributed by atoms with E-state index < -0.39 is 0 Å². The van der Waals surface area contributed by atoms with Gasteiger partial charge in [-0.1, -0.05) is 0 Å². The van der Waals surface area contributed by atoms with Crippen LogP contribution in [0.1, 0.15) is 12.8 Å². The maximum atomic E-state index is 12.0. The largest absolute Gasteiger partial charge is 0.497 e. The zero-order valence-electron chi connectivity index (χ0n) is 13.7. The zero-order chi connectivity index (χ0) is 16.1. The van der Waals surface area contributed by atoms with Gasteiger partial charge in [0.2, 0.25) is 0 Å². The predicted octanol–water partition coefficient (Wildman–Crippen LogP) is 1.56. The second-order valence-corrected chi connectivity index (χ2v) is 6.08. The number of carbonyl (C=O) groups is 1. The van der Waals surface area contributed by atoms with E-state index in [1.54, 1.807) is 7.11 Å². The highest BCUT2D eigenvalue weighted by Gasteiger charge is 2.27. The molecule has 2 aliphatic rings. The Bertz CT molecular complexity index is 508. The Morgan fingerprint density at radius 2 is 1.78 bits per heavy atom. The van der Waals surface area contributed by atoms with Crippen molar-refractivity contribution in [3.8, 4) is 11.5 Å². The smallest absolute Gasteiger partial charge is 0.317 e. The summed E-state index contributed by atoms with van der Waals surface area (Å²) in [6, 6.07) is 8.15. The summed E-state index contributed by atoms with van der Waals surface area (Å²) < 4.78 is 10.9. The van der Waals surface area contributed by atoms with E-state index in [0.29, 0.717) is 12.6 Å². The number of hydrogen-bond acceptors (Lipinski definition) is 4. The lowest BCUT2D eigenvalue weighted by Gasteiger charge is -2.34. The average Bonchev–Trinajstić information content (AvgIpc) is 3.40. The number of rotatable bonds is 6. The van der Waals surface area contributed by atoms with Crippen molar-refractivity contribution < 1.29 is 14.3 Å². The van der Waals surface area contributed by atoms with Crippen molar-refractivity contribution in [1.29, 1.82) is 0 Å². The Morgan fingerprint density at radius 3 is 2.39 bits per heavy atom. The fourth-order valence-corrected chi connectivity index (χ4v) is 2.63. The van der Waals surface area contributed by atoms with Crippen molar-refractivity contribution in [1.82, 2.24) is 15.1 Å². The molecule has 0 spiro atoms. The van der Waals surface area contributed by atoms with Crippen molar-refractivity contribution in [3.63, 3.8) is 0 Å². The number of nitrogens with one attached hydrogen (secondary N) is 1. The molecule has 2 amide bonds. The molecule has 1 saturated carbocycles. The number of nitrogens with zero attached hydrogens (tertiary/aromatic N) is 2. The molecule has 1 aliphatic heterocycles. The van der Waals surface area contributed by atoms with Gasteiger partial charge in [0.1, 0.15) is 18.1 Å². The number of amides is 2. The Kier molecular flexibility index (Phi) is 5.23. The minimum atomic E-state index is 0.0987. The maximum absolute atomic E-state index is 12.0. The molecule has 0 bridgehead atoms. The SMILES string of the molecule is COc1ccc(OCCN2CCN(C(=O)NC3CC3)CC2)cc1. The molecule has 0 atom stereocenters. The normalized spacial score (nSPS) is 18.6. The maximum Gasteiger partial charge on any atom is 0.317 e. The highest BCUT2D eigenvalue weighted by Crippen LogP contribution is 2.19. The molecule has 1 heterocycles. The summed E-state index contributed by atoms with van der Waals surface area (Å²) in [5, 5.41) is 3.05. The molecular formula is C17H25N3O3. The molecule has 0 unspecified atom stereocenters. The molecule has 23 heavy (non-hydrogen) atoms. The standard InChI is InChI=1S/C17H25N3O3/c1-22-15-4-6-16(7-5-15)23-13-12-19-8-10-20(11-9-19)17(21)18-14-2-3-14/h4-7,14H,2-3,8-13H2,1H3,(H,18,21). The monoisotopic (exact) mass is 319 g/mol. The third kappa shape index (κ3) is 4.76. The number of piperazine rings is 1. The van der Waals surface area contributed by atoms with Crippen LogP contribution in [0.2, 0.25) is 0 Å². The summed E-state index contributed by atoms with van der Waals surface area (Å²) in [5.74, 6) is 1.69. The molecule has 6 nitrogen and oxygen atoms in total. The third-order valence-corrected chi connectivity index (χ3v) is 4.30. The molecule has 126 valence electrons. The Morgan fingerprint density at radius 1 is 1.13 bits per heavy atom. The molecule has 1 aromatic carbocycles. The van der Waals surface area contributed by atoms with Gasteiger partial charge in [-0.2, -0.15) is 0 Å². The number of urea groups is 1. The second kappa shape index (κ2) is 7.55. The van der Waals surface area contributed by atoms with E-state index in [4.69, 9.17) is 9.47 Å². The van der Waals surface area contributed by atoms with Gasteiger partial charge in [0.15, 0.2) is 0 Å². The lowest BCUT2D eigenvalue weighted by Crippen LogP contribution is -2.52. The van der Waals surface area contributed by atoms with Crippen LogP contribution < -0.4 is 14.8 Å². The summed E-state index contributed by atoms with van der Waals surface area (Å²) in [6.07, 6.45) is 2.27. The van der Waals surface area contributed by atoms with E-state index in [0.717, 1.165) is 57.1 Å². The van der Waals surface area contributed by atoms with Crippen LogP contribution in [0, 0.1) is 0 Å². The number of carbonyl (C=O) groups excluding carboxylic acids is 1. The van der Waals surface area contributed by atoms with Crippen molar-refractivity contribution in [2.45, 2.75) is 18.9 Å². The Balaban J connectivity index is 1.33. The number of benzene rings is 1. The molecule has 0 radical (unpaired) electrons. The van der Waals surface area contributed by atoms with E-state index in [-0.39, 0.29) is 6.03 Å². The van der Waals surface area contributed by atoms with E-state index in [1.807, 2.05) is 29.2 Å². The molecule has 1 saturated heterocycles. The van der Waals surface area contributed by atoms with Gasteiger partial charge in [-0.25, -0.2) is 4.79 Å². The second-order valence-electron chi connectivity index (χ2n) is 6.08. The van der Waals surface area contributed by atoms with Gasteiger partial charge in [-0.05, 0) is 37.1 Å². The lowest BCUT2D eigenvalue weighted by molar-refractivity contribution is 0.126. The average molecular weight is 319 g/mol. The first-order valence-electron chi connectivity index (χ1n) is 8.29. The summed E-state index contributed by atoms with van der Waals surface area (Å²) in [6.45, 7) is 4.93. The summed E-state index contributed by atoms with van der Waals surface area (Å²) >= 11 is 0. The minimum absolute atomic E-state index is 0.0987. The molecule has 0 aromatic heterocycles. The van der Waals surface area contributed by atoms with E-state index in [2.05, 4.69) is 10.2 Å². The molecule has 2 fully saturated rings. The lowest BCUT2D eigenvalue weighted by atomic mass is 10.3. The fraction of sp³-hybridized carbons (Fsp3) is 0.588. The van der Waals surface area contributed by atoms with Crippen molar-refractivity contribution in [3.05, 3.63) is 24.3 Å². The molecule has 1 aromatic rings. The molecule has 1 N–H and O–H groups in total. The van der Waals surface area contributed by atoms with Gasteiger partial charge >= 0.3 is 6.03 Å². The van der Waals surface area contributed by atoms with Crippen molar-refractivity contribution >= 4 is 6.03 Å². The van der Waals surface area contributed by atoms with Crippen LogP contribution in [-0.4, -0.2) is 68.3 Å². The van der Waals surface area contributed by atoms with Crippen LogP contribution >= 0.6 is 0 Å². The van der Waals surface area contributed by atoms with Crippen LogP contribution in [0.25, 0.3) is 0 Å². The van der Waals surface area contributed by atoms with Gasteiger partial charge in [0, 0.05) is 38.8 Å². The van der Waals surface area contributed by atoms with Gasteiger partial charge in [-0.15, -0.1) is 0 Å². The Labute approximate surface area is 137 Å². The topological polar surface area (TPSA) is 54.0 Å². The summed E-state index contributed by atoms with van der Waals surface area (Å²) in [7, 11) is 1.65. The number of ether oxygens (including phenoxy) is 2. The number of methoxy groups -OCH3 is 1. The van der Waals surface area contributed by atoms with E-state index in [9.17, 15) is 4.79 Å². The Hall–Kier alpha value is -1.95. The van der Waals surface area contributed by atoms with E-state index >= 15 is 0 Å². The van der Waals surface area contributed by atoms with Crippen LogP contribution in [0.15, 0.2) is 24.3 Å². The minimum Gasteiger partial charge on any atom is -0.497 e. The van der Waals surface area contributed by atoms with Crippen molar-refractivity contribution in [2.75, 3.05) is 46.4 Å². The molecule has 3 rings (SSSR count). The third-order valence-electron chi connectivity index (χ3n) is 4.30. The first kappa shape index (κ1) is 15.9. The fourth-order valence-electron chi connectivity index (χ4n) is 2.63. The molecular weight excluding hydrogens is 294 g/mol. The van der Waals surface area contributed by atoms with Crippen LogP contribution in [0.3, 0.4) is 0 Å². The van der Waals surface area contributed by atoms with E-state index in [1.165, 1.54) is 0 Å². The van der Waals surface area contributed by atoms with Crippen LogP contribution in [0.4, 0.5) is 4.79 Å². The van der Waals surface area contributed by atoms with Crippen LogP contribution in [0.5, 0.6) is 11.5 Å². The van der Waals surface area contributed by atoms with Gasteiger partial charge in [-0.3, -0.25) is 4.90 Å². The zero-order valence-corrected chi connectivity index (χ0v) is 13.7. The van der Waals surface area contributed by atoms with Crippen LogP contribution in [-0.2, 0) is 0 Å². The first-order chi connectivity index (χ1) is 11.2.